The summed E-state index contributed by atoms with van der Waals surface area (Å²) < 4.78 is 35.0. The van der Waals surface area contributed by atoms with Crippen molar-refractivity contribution in [1.82, 2.24) is 0 Å². The first-order chi connectivity index (χ1) is 18.9. The minimum atomic E-state index is -0.542. The van der Waals surface area contributed by atoms with E-state index in [1.807, 2.05) is 63.2 Å². The summed E-state index contributed by atoms with van der Waals surface area (Å²) in [5.41, 5.74) is 1.06. The van der Waals surface area contributed by atoms with Gasteiger partial charge < -0.3 is 28.4 Å². The molecule has 212 valence electrons. The number of carbonyl (C=O) groups excluding carboxylic acids is 2. The van der Waals surface area contributed by atoms with Crippen LogP contribution in [0.3, 0.4) is 0 Å². The largest absolute Gasteiger partial charge is 0.488 e. The predicted octanol–water partition coefficient (Wildman–Crippen LogP) is 5.78. The summed E-state index contributed by atoms with van der Waals surface area (Å²) in [4.78, 5) is 24.0. The molecule has 0 aliphatic heterocycles. The van der Waals surface area contributed by atoms with Gasteiger partial charge in [-0.2, -0.15) is 0 Å². The molecule has 0 saturated carbocycles. The lowest BCUT2D eigenvalue weighted by atomic mass is 9.99. The number of rotatable bonds is 16. The Kier molecular flexibility index (Phi) is 11.8. The molecule has 0 saturated heterocycles. The minimum Gasteiger partial charge on any atom is -0.488 e. The maximum absolute atomic E-state index is 12.0. The molecule has 0 N–H and O–H groups in total. The molecule has 39 heavy (non-hydrogen) atoms. The van der Waals surface area contributed by atoms with Crippen LogP contribution in [0.2, 0.25) is 0 Å². The molecule has 0 amide bonds. The van der Waals surface area contributed by atoms with Crippen LogP contribution in [0, 0.1) is 6.92 Å². The molecule has 8 nitrogen and oxygen atoms in total. The van der Waals surface area contributed by atoms with Crippen molar-refractivity contribution in [2.75, 3.05) is 39.6 Å². The van der Waals surface area contributed by atoms with Crippen LogP contribution in [0.15, 0.2) is 42.5 Å². The second kappa shape index (κ2) is 15.3. The number of hydrogen-bond donors (Lipinski definition) is 0. The van der Waals surface area contributed by atoms with Crippen molar-refractivity contribution >= 4 is 33.5 Å². The fourth-order valence-corrected chi connectivity index (χ4v) is 4.15. The summed E-state index contributed by atoms with van der Waals surface area (Å²) in [6.45, 7) is 11.1. The van der Waals surface area contributed by atoms with Crippen molar-refractivity contribution < 1.29 is 38.0 Å². The van der Waals surface area contributed by atoms with E-state index in [2.05, 4.69) is 0 Å². The zero-order valence-corrected chi connectivity index (χ0v) is 23.6. The molecule has 3 aromatic rings. The predicted molar refractivity (Wildman–Crippen MR) is 151 cm³/mol. The third-order valence-corrected chi connectivity index (χ3v) is 6.10. The molecular weight excluding hydrogens is 500 g/mol. The van der Waals surface area contributed by atoms with E-state index >= 15 is 0 Å². The van der Waals surface area contributed by atoms with Gasteiger partial charge in [-0.05, 0) is 26.8 Å². The Balaban J connectivity index is 2.00. The first-order valence-corrected chi connectivity index (χ1v) is 13.7. The van der Waals surface area contributed by atoms with Gasteiger partial charge in [0, 0.05) is 47.6 Å². The lowest BCUT2D eigenvalue weighted by Gasteiger charge is -2.23. The number of hydrogen-bond acceptors (Lipinski definition) is 8. The lowest BCUT2D eigenvalue weighted by Crippen LogP contribution is -2.30. The summed E-state index contributed by atoms with van der Waals surface area (Å²) >= 11 is 0. The Hall–Kier alpha value is -3.36. The Morgan fingerprint density at radius 2 is 1.10 bits per heavy atom. The molecule has 0 bridgehead atoms. The van der Waals surface area contributed by atoms with Gasteiger partial charge in [0.05, 0.1) is 13.2 Å². The SMILES string of the molecule is CCOCC(COc1c2ccccc2c(OCC(COCC)OC(=O)CC)c2cc(C)ccc12)OC(=O)CC. The molecule has 2 atom stereocenters. The summed E-state index contributed by atoms with van der Waals surface area (Å²) in [6.07, 6.45) is -0.533. The number of ether oxygens (including phenoxy) is 6. The van der Waals surface area contributed by atoms with Crippen molar-refractivity contribution in [3.63, 3.8) is 0 Å². The summed E-state index contributed by atoms with van der Waals surface area (Å²) in [6, 6.07) is 13.9. The first-order valence-electron chi connectivity index (χ1n) is 13.7. The van der Waals surface area contributed by atoms with Gasteiger partial charge in [0.15, 0.2) is 12.2 Å². The van der Waals surface area contributed by atoms with E-state index in [1.54, 1.807) is 13.8 Å². The average molecular weight is 541 g/mol. The van der Waals surface area contributed by atoms with Crippen LogP contribution in [0.5, 0.6) is 11.5 Å². The highest BCUT2D eigenvalue weighted by atomic mass is 16.6. The number of aryl methyl sites for hydroxylation is 1. The number of carbonyl (C=O) groups is 2. The summed E-state index contributed by atoms with van der Waals surface area (Å²) in [7, 11) is 0. The van der Waals surface area contributed by atoms with E-state index in [4.69, 9.17) is 28.4 Å². The molecule has 3 aromatic carbocycles. The Morgan fingerprint density at radius 1 is 0.641 bits per heavy atom. The van der Waals surface area contributed by atoms with E-state index < -0.39 is 12.2 Å². The van der Waals surface area contributed by atoms with Crippen LogP contribution >= 0.6 is 0 Å². The molecule has 0 aromatic heterocycles. The van der Waals surface area contributed by atoms with E-state index in [0.29, 0.717) is 24.7 Å². The van der Waals surface area contributed by atoms with Crippen molar-refractivity contribution in [3.8, 4) is 11.5 Å². The molecule has 8 heteroatoms. The monoisotopic (exact) mass is 540 g/mol. The average Bonchev–Trinajstić information content (AvgIpc) is 2.95. The number of benzene rings is 3. The van der Waals surface area contributed by atoms with E-state index in [-0.39, 0.29) is 51.2 Å². The second-order valence-electron chi connectivity index (χ2n) is 9.12. The minimum absolute atomic E-state index is 0.141. The molecule has 0 heterocycles. The highest BCUT2D eigenvalue weighted by molar-refractivity contribution is 6.11. The molecule has 3 rings (SSSR count). The zero-order valence-electron chi connectivity index (χ0n) is 23.6. The van der Waals surface area contributed by atoms with Crippen molar-refractivity contribution in [3.05, 3.63) is 48.0 Å². The van der Waals surface area contributed by atoms with Crippen molar-refractivity contribution in [2.24, 2.45) is 0 Å². The first kappa shape index (κ1) is 30.2. The summed E-state index contributed by atoms with van der Waals surface area (Å²) in [5, 5.41) is 3.44. The fraction of sp³-hybridized carbons (Fsp3) is 0.484. The Labute approximate surface area is 230 Å². The maximum atomic E-state index is 12.0. The standard InChI is InChI=1S/C31H40O8/c1-6-28(32)38-22(17-34-8-3)19-36-30-24-12-10-11-13-25(24)31(27-16-21(5)14-15-26(27)30)37-20-23(18-35-9-4)39-29(33)7-2/h10-16,22-23H,6-9,17-20H2,1-5H3. The molecule has 0 spiro atoms. The Bertz CT molecular complexity index is 1240. The molecule has 0 radical (unpaired) electrons. The third kappa shape index (κ3) is 8.31. The molecule has 0 aliphatic carbocycles. The van der Waals surface area contributed by atoms with E-state index in [1.165, 1.54) is 0 Å². The van der Waals surface area contributed by atoms with Gasteiger partial charge in [0.1, 0.15) is 24.7 Å². The molecule has 0 fully saturated rings. The van der Waals surface area contributed by atoms with Crippen LogP contribution < -0.4 is 9.47 Å². The van der Waals surface area contributed by atoms with Crippen LogP contribution in [0.25, 0.3) is 21.5 Å². The van der Waals surface area contributed by atoms with E-state index in [9.17, 15) is 9.59 Å². The van der Waals surface area contributed by atoms with Gasteiger partial charge in [-0.3, -0.25) is 9.59 Å². The topological polar surface area (TPSA) is 89.5 Å². The van der Waals surface area contributed by atoms with Gasteiger partial charge in [-0.1, -0.05) is 55.8 Å². The molecule has 0 aliphatic rings. The smallest absolute Gasteiger partial charge is 0.305 e. The van der Waals surface area contributed by atoms with Gasteiger partial charge in [0.25, 0.3) is 0 Å². The van der Waals surface area contributed by atoms with E-state index in [0.717, 1.165) is 27.1 Å². The van der Waals surface area contributed by atoms with Crippen LogP contribution in [-0.4, -0.2) is 63.8 Å². The van der Waals surface area contributed by atoms with Crippen LogP contribution in [0.1, 0.15) is 46.1 Å². The van der Waals surface area contributed by atoms with Gasteiger partial charge in [-0.25, -0.2) is 0 Å². The number of esters is 2. The second-order valence-corrected chi connectivity index (χ2v) is 9.12. The van der Waals surface area contributed by atoms with Gasteiger partial charge in [0.2, 0.25) is 0 Å². The number of fused-ring (bicyclic) bond motifs is 2. The maximum Gasteiger partial charge on any atom is 0.305 e. The van der Waals surface area contributed by atoms with Gasteiger partial charge in [-0.15, -0.1) is 0 Å². The van der Waals surface area contributed by atoms with Crippen molar-refractivity contribution in [1.29, 1.82) is 0 Å². The zero-order chi connectivity index (χ0) is 28.2. The molecular formula is C31H40O8. The summed E-state index contributed by atoms with van der Waals surface area (Å²) in [5.74, 6) is 0.741. The molecule has 2 unspecified atom stereocenters. The van der Waals surface area contributed by atoms with Crippen LogP contribution in [-0.2, 0) is 28.5 Å². The fourth-order valence-electron chi connectivity index (χ4n) is 4.15. The highest BCUT2D eigenvalue weighted by Gasteiger charge is 2.22. The van der Waals surface area contributed by atoms with Crippen LogP contribution in [0.4, 0.5) is 0 Å². The highest BCUT2D eigenvalue weighted by Crippen LogP contribution is 2.43. The third-order valence-electron chi connectivity index (χ3n) is 6.10. The quantitative estimate of drug-likeness (QED) is 0.167. The van der Waals surface area contributed by atoms with Gasteiger partial charge >= 0.3 is 11.9 Å². The Morgan fingerprint density at radius 3 is 1.56 bits per heavy atom. The van der Waals surface area contributed by atoms with Crippen molar-refractivity contribution in [2.45, 2.75) is 59.7 Å². The lowest BCUT2D eigenvalue weighted by molar-refractivity contribution is -0.154. The normalized spacial score (nSPS) is 12.7.